The van der Waals surface area contributed by atoms with Crippen LogP contribution in [-0.2, 0) is 9.47 Å². The Kier molecular flexibility index (Phi) is 4.96. The van der Waals surface area contributed by atoms with Crippen LogP contribution in [0.3, 0.4) is 0 Å². The number of hydrogen-bond donors (Lipinski definition) is 0. The quantitative estimate of drug-likeness (QED) is 0.461. The van der Waals surface area contributed by atoms with E-state index in [-0.39, 0.29) is 6.10 Å². The molecule has 12 heavy (non-hydrogen) atoms. The molecule has 0 aliphatic carbocycles. The van der Waals surface area contributed by atoms with Crippen LogP contribution in [0.25, 0.3) is 0 Å². The summed E-state index contributed by atoms with van der Waals surface area (Å²) in [6, 6.07) is 0. The summed E-state index contributed by atoms with van der Waals surface area (Å²) in [7, 11) is 0. The third-order valence-corrected chi connectivity index (χ3v) is 1.30. The van der Waals surface area contributed by atoms with Crippen LogP contribution in [0, 0.1) is 12.3 Å². The lowest BCUT2D eigenvalue weighted by molar-refractivity contribution is -0.0274. The van der Waals surface area contributed by atoms with Crippen LogP contribution in [0.1, 0.15) is 27.7 Å². The summed E-state index contributed by atoms with van der Waals surface area (Å²) in [5.41, 5.74) is -0.583. The second kappa shape index (κ2) is 5.18. The van der Waals surface area contributed by atoms with Crippen LogP contribution < -0.4 is 0 Å². The highest BCUT2D eigenvalue weighted by atomic mass is 16.5. The molecular formula is C10H17O2. The van der Waals surface area contributed by atoms with Crippen LogP contribution in [0.4, 0.5) is 0 Å². The maximum Gasteiger partial charge on any atom is 0.124 e. The van der Waals surface area contributed by atoms with E-state index in [4.69, 9.17) is 15.9 Å². The van der Waals surface area contributed by atoms with Crippen molar-refractivity contribution in [1.29, 1.82) is 0 Å². The van der Waals surface area contributed by atoms with Gasteiger partial charge in [0.15, 0.2) is 0 Å². The second-order valence-electron chi connectivity index (χ2n) is 3.40. The first-order valence-electron chi connectivity index (χ1n) is 4.17. The number of rotatable bonds is 5. The molecule has 0 aromatic heterocycles. The molecule has 0 aliphatic heterocycles. The predicted molar refractivity (Wildman–Crippen MR) is 48.3 cm³/mol. The van der Waals surface area contributed by atoms with Gasteiger partial charge >= 0.3 is 0 Å². The molecule has 0 rings (SSSR count). The van der Waals surface area contributed by atoms with E-state index in [0.29, 0.717) is 13.2 Å². The summed E-state index contributed by atoms with van der Waals surface area (Å²) in [6.07, 6.45) is 7.15. The van der Waals surface area contributed by atoms with Gasteiger partial charge in [-0.2, -0.15) is 0 Å². The molecule has 0 aliphatic rings. The Labute approximate surface area is 75.3 Å². The molecule has 0 amide bonds. The fourth-order valence-corrected chi connectivity index (χ4v) is 0.617. The highest BCUT2D eigenvalue weighted by molar-refractivity contribution is 4.97. The van der Waals surface area contributed by atoms with Gasteiger partial charge in [-0.15, -0.1) is 0 Å². The minimum Gasteiger partial charge on any atom is -0.376 e. The number of hydrogen-bond acceptors (Lipinski definition) is 2. The Bertz CT molecular complexity index is 154. The first-order valence-corrected chi connectivity index (χ1v) is 4.17. The average Bonchev–Trinajstić information content (AvgIpc) is 1.98. The third kappa shape index (κ3) is 6.21. The largest absolute Gasteiger partial charge is 0.376 e. The summed E-state index contributed by atoms with van der Waals surface area (Å²) < 4.78 is 10.6. The van der Waals surface area contributed by atoms with E-state index in [1.165, 1.54) is 0 Å². The molecule has 0 spiro atoms. The predicted octanol–water partition coefficient (Wildman–Crippen LogP) is 1.80. The fourth-order valence-electron chi connectivity index (χ4n) is 0.617. The summed E-state index contributed by atoms with van der Waals surface area (Å²) in [5.74, 6) is 2.30. The normalized spacial score (nSPS) is 11.7. The average molecular weight is 169 g/mol. The maximum atomic E-state index is 6.91. The van der Waals surface area contributed by atoms with Crippen molar-refractivity contribution in [3.63, 3.8) is 0 Å². The Balaban J connectivity index is 3.39. The van der Waals surface area contributed by atoms with Crippen LogP contribution in [0.15, 0.2) is 0 Å². The zero-order chi connectivity index (χ0) is 9.61. The van der Waals surface area contributed by atoms with Gasteiger partial charge in [-0.3, -0.25) is 0 Å². The molecular weight excluding hydrogens is 152 g/mol. The maximum absolute atomic E-state index is 6.91. The van der Waals surface area contributed by atoms with Crippen LogP contribution >= 0.6 is 0 Å². The lowest BCUT2D eigenvalue weighted by Gasteiger charge is -2.18. The summed E-state index contributed by atoms with van der Waals surface area (Å²) in [4.78, 5) is 0. The molecule has 0 aromatic carbocycles. The molecule has 0 fully saturated rings. The molecule has 1 radical (unpaired) electrons. The van der Waals surface area contributed by atoms with E-state index >= 15 is 0 Å². The van der Waals surface area contributed by atoms with E-state index in [0.717, 1.165) is 0 Å². The standard InChI is InChI=1S/C10H17O2/c1-6-10(4,5)12-8-7-11-9(2)3/h9H,7-8H2,2-5H3. The smallest absolute Gasteiger partial charge is 0.124 e. The Morgan fingerprint density at radius 3 is 2.33 bits per heavy atom. The lowest BCUT2D eigenvalue weighted by atomic mass is 10.1. The molecule has 2 heteroatoms. The van der Waals surface area contributed by atoms with Crippen LogP contribution in [0.5, 0.6) is 0 Å². The van der Waals surface area contributed by atoms with Crippen LogP contribution in [-0.4, -0.2) is 24.9 Å². The zero-order valence-corrected chi connectivity index (χ0v) is 8.31. The Hall–Kier alpha value is -0.520. The highest BCUT2D eigenvalue weighted by Crippen LogP contribution is 2.06. The van der Waals surface area contributed by atoms with Crippen molar-refractivity contribution in [1.82, 2.24) is 0 Å². The second-order valence-corrected chi connectivity index (χ2v) is 3.40. The molecule has 0 bridgehead atoms. The topological polar surface area (TPSA) is 18.5 Å². The molecule has 69 valence electrons. The zero-order valence-electron chi connectivity index (χ0n) is 8.31. The van der Waals surface area contributed by atoms with Crippen molar-refractivity contribution in [2.24, 2.45) is 0 Å². The van der Waals surface area contributed by atoms with Crippen molar-refractivity contribution in [2.75, 3.05) is 13.2 Å². The number of ether oxygens (including phenoxy) is 2. The molecule has 0 heterocycles. The monoisotopic (exact) mass is 169 g/mol. The van der Waals surface area contributed by atoms with Crippen LogP contribution in [0.2, 0.25) is 0 Å². The first kappa shape index (κ1) is 11.5. The minimum atomic E-state index is -0.583. The van der Waals surface area contributed by atoms with E-state index in [1.54, 1.807) is 13.8 Å². The Morgan fingerprint density at radius 1 is 1.33 bits per heavy atom. The van der Waals surface area contributed by atoms with Crippen molar-refractivity contribution in [3.8, 4) is 5.92 Å². The molecule has 0 aromatic rings. The van der Waals surface area contributed by atoms with Crippen molar-refractivity contribution >= 4 is 0 Å². The molecule has 2 nitrogen and oxygen atoms in total. The molecule has 0 saturated carbocycles. The summed E-state index contributed by atoms with van der Waals surface area (Å²) in [5, 5.41) is 0. The van der Waals surface area contributed by atoms with Crippen molar-refractivity contribution < 1.29 is 9.47 Å². The Morgan fingerprint density at radius 2 is 1.92 bits per heavy atom. The van der Waals surface area contributed by atoms with Gasteiger partial charge in [-0.1, -0.05) is 5.92 Å². The molecule has 0 saturated heterocycles. The van der Waals surface area contributed by atoms with E-state index < -0.39 is 5.60 Å². The van der Waals surface area contributed by atoms with Gasteiger partial charge in [0.05, 0.1) is 19.3 Å². The highest BCUT2D eigenvalue weighted by Gasteiger charge is 2.13. The SMILES string of the molecule is [C]#CC(C)(C)OCCOC(C)C. The van der Waals surface area contributed by atoms with Gasteiger partial charge < -0.3 is 9.47 Å². The molecule has 0 atom stereocenters. The molecule has 0 N–H and O–H groups in total. The van der Waals surface area contributed by atoms with Gasteiger partial charge in [-0.25, -0.2) is 0 Å². The van der Waals surface area contributed by atoms with Gasteiger partial charge in [0, 0.05) is 0 Å². The summed E-state index contributed by atoms with van der Waals surface area (Å²) in [6.45, 7) is 8.65. The molecule has 0 unspecified atom stereocenters. The first-order chi connectivity index (χ1) is 5.48. The third-order valence-electron chi connectivity index (χ3n) is 1.30. The van der Waals surface area contributed by atoms with Gasteiger partial charge in [0.25, 0.3) is 0 Å². The fraction of sp³-hybridized carbons (Fsp3) is 0.800. The van der Waals surface area contributed by atoms with Crippen molar-refractivity contribution in [3.05, 3.63) is 6.42 Å². The van der Waals surface area contributed by atoms with E-state index in [1.807, 2.05) is 13.8 Å². The minimum absolute atomic E-state index is 0.237. The van der Waals surface area contributed by atoms with Gasteiger partial charge in [0.2, 0.25) is 0 Å². The summed E-state index contributed by atoms with van der Waals surface area (Å²) >= 11 is 0. The lowest BCUT2D eigenvalue weighted by Crippen LogP contribution is -2.24. The van der Waals surface area contributed by atoms with Gasteiger partial charge in [-0.05, 0) is 34.1 Å². The van der Waals surface area contributed by atoms with E-state index in [9.17, 15) is 0 Å². The van der Waals surface area contributed by atoms with E-state index in [2.05, 4.69) is 5.92 Å². The van der Waals surface area contributed by atoms with Gasteiger partial charge in [0.1, 0.15) is 5.60 Å². The van der Waals surface area contributed by atoms with Crippen molar-refractivity contribution in [2.45, 2.75) is 39.4 Å².